The normalized spacial score (nSPS) is 21.6. The molecule has 3 aromatic rings. The van der Waals surface area contributed by atoms with Gasteiger partial charge in [0.05, 0.1) is 42.6 Å². The van der Waals surface area contributed by atoms with Crippen LogP contribution >= 0.6 is 11.8 Å². The van der Waals surface area contributed by atoms with Gasteiger partial charge in [0, 0.05) is 10.8 Å². The first-order valence-electron chi connectivity index (χ1n) is 10.6. The Labute approximate surface area is 193 Å². The maximum Gasteiger partial charge on any atom is 0.118 e. The van der Waals surface area contributed by atoms with Gasteiger partial charge in [-0.1, -0.05) is 55.1 Å². The van der Waals surface area contributed by atoms with Crippen LogP contribution in [-0.4, -0.2) is 14.2 Å². The molecule has 2 aliphatic heterocycles. The molecule has 0 spiro atoms. The van der Waals surface area contributed by atoms with Gasteiger partial charge in [0.15, 0.2) is 0 Å². The number of rotatable bonds is 4. The number of hydrogen-bond donors (Lipinski definition) is 0. The number of anilines is 1. The molecule has 2 aliphatic rings. The van der Waals surface area contributed by atoms with Crippen molar-refractivity contribution in [1.29, 1.82) is 5.26 Å². The van der Waals surface area contributed by atoms with Crippen molar-refractivity contribution in [3.63, 3.8) is 0 Å². The molecule has 0 aliphatic carbocycles. The highest BCUT2D eigenvalue weighted by Gasteiger charge is 2.46. The van der Waals surface area contributed by atoms with Crippen LogP contribution in [0.15, 0.2) is 88.3 Å². The molecule has 0 amide bonds. The summed E-state index contributed by atoms with van der Waals surface area (Å²) in [7, 11) is 3.36. The first-order valence-corrected chi connectivity index (χ1v) is 11.5. The van der Waals surface area contributed by atoms with Gasteiger partial charge in [-0.25, -0.2) is 0 Å². The Kier molecular flexibility index (Phi) is 5.32. The monoisotopic (exact) mass is 440 g/mol. The van der Waals surface area contributed by atoms with Gasteiger partial charge < -0.3 is 14.4 Å². The predicted octanol–water partition coefficient (Wildman–Crippen LogP) is 6.53. The number of thioether (sulfide) groups is 1. The first kappa shape index (κ1) is 20.5. The molecule has 0 bridgehead atoms. The van der Waals surface area contributed by atoms with E-state index in [1.807, 2.05) is 24.3 Å². The zero-order valence-electron chi connectivity index (χ0n) is 18.3. The van der Waals surface area contributed by atoms with Crippen molar-refractivity contribution in [3.8, 4) is 17.6 Å². The van der Waals surface area contributed by atoms with Crippen molar-refractivity contribution in [1.82, 2.24) is 0 Å². The Morgan fingerprint density at radius 2 is 1.44 bits per heavy atom. The van der Waals surface area contributed by atoms with E-state index in [1.54, 1.807) is 26.0 Å². The van der Waals surface area contributed by atoms with Crippen LogP contribution in [0.3, 0.4) is 0 Å². The van der Waals surface area contributed by atoms with Crippen LogP contribution in [0.1, 0.15) is 30.0 Å². The molecular weight excluding hydrogens is 416 g/mol. The maximum atomic E-state index is 10.3. The highest BCUT2D eigenvalue weighted by molar-refractivity contribution is 8.03. The highest BCUT2D eigenvalue weighted by atomic mass is 32.2. The summed E-state index contributed by atoms with van der Waals surface area (Å²) in [6, 6.07) is 27.5. The minimum Gasteiger partial charge on any atom is -0.497 e. The van der Waals surface area contributed by atoms with Crippen LogP contribution in [0.5, 0.6) is 11.5 Å². The van der Waals surface area contributed by atoms with Crippen LogP contribution in [0.2, 0.25) is 0 Å². The van der Waals surface area contributed by atoms with Crippen molar-refractivity contribution in [3.05, 3.63) is 94.5 Å². The van der Waals surface area contributed by atoms with Gasteiger partial charge in [-0.2, -0.15) is 5.26 Å². The summed E-state index contributed by atoms with van der Waals surface area (Å²) in [6.45, 7) is 2.25. The van der Waals surface area contributed by atoms with E-state index in [9.17, 15) is 5.26 Å². The fourth-order valence-corrected chi connectivity index (χ4v) is 6.15. The molecule has 0 saturated carbocycles. The minimum absolute atomic E-state index is 0.00827. The molecule has 0 N–H and O–H groups in total. The number of fused-ring (bicyclic) bond motifs is 3. The molecule has 160 valence electrons. The van der Waals surface area contributed by atoms with Gasteiger partial charge in [0.25, 0.3) is 0 Å². The van der Waals surface area contributed by atoms with Crippen molar-refractivity contribution in [2.45, 2.75) is 23.8 Å². The topological polar surface area (TPSA) is 45.5 Å². The second kappa shape index (κ2) is 8.29. The molecule has 3 aromatic carbocycles. The third kappa shape index (κ3) is 3.23. The van der Waals surface area contributed by atoms with Crippen LogP contribution in [0, 0.1) is 17.2 Å². The summed E-state index contributed by atoms with van der Waals surface area (Å²) in [5.74, 6) is 1.82. The zero-order valence-corrected chi connectivity index (χ0v) is 19.1. The number of benzene rings is 3. The summed E-state index contributed by atoms with van der Waals surface area (Å²) in [4.78, 5) is 3.56. The Morgan fingerprint density at radius 3 is 2.03 bits per heavy atom. The zero-order chi connectivity index (χ0) is 22.2. The molecule has 5 heteroatoms. The van der Waals surface area contributed by atoms with Crippen LogP contribution in [0.4, 0.5) is 5.69 Å². The fraction of sp³-hybridized carbons (Fsp3) is 0.222. The van der Waals surface area contributed by atoms with Crippen molar-refractivity contribution in [2.75, 3.05) is 19.1 Å². The Balaban J connectivity index is 1.70. The van der Waals surface area contributed by atoms with E-state index in [0.717, 1.165) is 27.7 Å². The lowest BCUT2D eigenvalue weighted by Crippen LogP contribution is -2.38. The van der Waals surface area contributed by atoms with Gasteiger partial charge in [0.1, 0.15) is 11.5 Å². The van der Waals surface area contributed by atoms with Crippen molar-refractivity contribution < 1.29 is 9.47 Å². The largest absolute Gasteiger partial charge is 0.497 e. The summed E-state index contributed by atoms with van der Waals surface area (Å²) in [5.41, 5.74) is 4.34. The molecule has 0 aromatic heterocycles. The Morgan fingerprint density at radius 1 is 0.844 bits per heavy atom. The summed E-state index contributed by atoms with van der Waals surface area (Å²) in [5, 5.41) is 11.3. The Hall–Kier alpha value is -3.36. The summed E-state index contributed by atoms with van der Waals surface area (Å²) < 4.78 is 10.8. The number of allylic oxidation sites excluding steroid dienone is 1. The SMILES string of the molecule is COc1ccc([C@H]2C(C#N)=C3Sc4ccccc4N3[C@@H](c3ccc(OC)cc3)[C@@H]2C)cc1. The number of para-hydroxylation sites is 1. The third-order valence-corrected chi connectivity index (χ3v) is 7.62. The molecule has 0 radical (unpaired) electrons. The number of methoxy groups -OCH3 is 2. The molecule has 3 atom stereocenters. The molecule has 32 heavy (non-hydrogen) atoms. The lowest BCUT2D eigenvalue weighted by molar-refractivity contribution is 0.390. The Bertz CT molecular complexity index is 1210. The molecule has 4 nitrogen and oxygen atoms in total. The minimum atomic E-state index is -0.00827. The fourth-order valence-electron chi connectivity index (χ4n) is 4.93. The highest BCUT2D eigenvalue weighted by Crippen LogP contribution is 2.59. The van der Waals surface area contributed by atoms with Crippen molar-refractivity contribution in [2.24, 2.45) is 5.92 Å². The first-order chi connectivity index (χ1) is 15.7. The number of nitriles is 1. The van der Waals surface area contributed by atoms with Gasteiger partial charge in [-0.3, -0.25) is 0 Å². The third-order valence-electron chi connectivity index (χ3n) is 6.45. The molecule has 0 fully saturated rings. The van der Waals surface area contributed by atoms with E-state index in [1.165, 1.54) is 16.1 Å². The second-order valence-corrected chi connectivity index (χ2v) is 9.13. The van der Waals surface area contributed by atoms with Crippen molar-refractivity contribution >= 4 is 17.4 Å². The van der Waals surface area contributed by atoms with Gasteiger partial charge >= 0.3 is 0 Å². The van der Waals surface area contributed by atoms with Crippen LogP contribution in [0.25, 0.3) is 0 Å². The number of nitrogens with zero attached hydrogens (tertiary/aromatic N) is 2. The standard InChI is InChI=1S/C27H24N2O2S/c1-17-25(18-8-12-20(30-2)13-9-18)22(16-28)27-29(23-6-4-5-7-24(23)32-27)26(17)19-10-14-21(31-3)15-11-19/h4-15,17,25-26H,1-3H3/t17-,25+,26-/m1/s1. The van der Waals surface area contributed by atoms with Gasteiger partial charge in [0.2, 0.25) is 0 Å². The molecular formula is C27H24N2O2S. The number of ether oxygens (including phenoxy) is 2. The predicted molar refractivity (Wildman–Crippen MR) is 128 cm³/mol. The summed E-state index contributed by atoms with van der Waals surface area (Å²) in [6.07, 6.45) is 0. The van der Waals surface area contributed by atoms with Crippen LogP contribution < -0.4 is 14.4 Å². The maximum absolute atomic E-state index is 10.3. The molecule has 0 saturated heterocycles. The van der Waals surface area contributed by atoms with E-state index in [4.69, 9.17) is 9.47 Å². The summed E-state index contributed by atoms with van der Waals surface area (Å²) >= 11 is 1.70. The van der Waals surface area contributed by atoms with E-state index < -0.39 is 0 Å². The van der Waals surface area contributed by atoms with E-state index in [2.05, 4.69) is 66.4 Å². The van der Waals surface area contributed by atoms with Crippen LogP contribution in [-0.2, 0) is 0 Å². The van der Waals surface area contributed by atoms with Gasteiger partial charge in [-0.15, -0.1) is 0 Å². The van der Waals surface area contributed by atoms with E-state index >= 15 is 0 Å². The number of hydrogen-bond acceptors (Lipinski definition) is 5. The average Bonchev–Trinajstić information content (AvgIpc) is 3.22. The lowest BCUT2D eigenvalue weighted by atomic mass is 9.73. The quantitative estimate of drug-likeness (QED) is 0.462. The molecule has 0 unspecified atom stereocenters. The van der Waals surface area contributed by atoms with Gasteiger partial charge in [-0.05, 0) is 53.4 Å². The molecule has 2 heterocycles. The van der Waals surface area contributed by atoms with E-state index in [0.29, 0.717) is 0 Å². The lowest BCUT2D eigenvalue weighted by Gasteiger charge is -2.44. The molecule has 5 rings (SSSR count). The van der Waals surface area contributed by atoms with E-state index in [-0.39, 0.29) is 17.9 Å². The average molecular weight is 441 g/mol. The second-order valence-electron chi connectivity index (χ2n) is 8.10. The smallest absolute Gasteiger partial charge is 0.118 e.